The van der Waals surface area contributed by atoms with Crippen molar-refractivity contribution in [2.75, 3.05) is 26.4 Å². The van der Waals surface area contributed by atoms with Gasteiger partial charge in [-0.1, -0.05) is 26.2 Å². The van der Waals surface area contributed by atoms with Crippen molar-refractivity contribution in [2.45, 2.75) is 77.5 Å². The molecule has 0 aromatic heterocycles. The van der Waals surface area contributed by atoms with E-state index in [1.807, 2.05) is 13.8 Å². The summed E-state index contributed by atoms with van der Waals surface area (Å²) in [6.07, 6.45) is 7.74. The molecule has 1 fully saturated rings. The lowest BCUT2D eigenvalue weighted by Gasteiger charge is -2.31. The van der Waals surface area contributed by atoms with Gasteiger partial charge in [0, 0.05) is 12.6 Å². The van der Waals surface area contributed by atoms with Crippen LogP contribution < -0.4 is 5.32 Å². The van der Waals surface area contributed by atoms with Crippen LogP contribution in [0.4, 0.5) is 0 Å². The summed E-state index contributed by atoms with van der Waals surface area (Å²) in [6, 6.07) is 0.546. The summed E-state index contributed by atoms with van der Waals surface area (Å²) < 4.78 is 10.8. The van der Waals surface area contributed by atoms with Gasteiger partial charge in [-0.25, -0.2) is 0 Å². The number of ether oxygens (including phenoxy) is 2. The van der Waals surface area contributed by atoms with Crippen LogP contribution in [0.2, 0.25) is 0 Å². The van der Waals surface area contributed by atoms with Crippen LogP contribution in [0, 0.1) is 5.92 Å². The normalized spacial score (nSPS) is 19.9. The number of nitrogens with one attached hydrogen (secondary N) is 1. The van der Waals surface area contributed by atoms with E-state index in [0.717, 1.165) is 12.3 Å². The lowest BCUT2D eigenvalue weighted by atomic mass is 9.83. The first-order chi connectivity index (χ1) is 10.1. The van der Waals surface area contributed by atoms with Gasteiger partial charge in [-0.2, -0.15) is 0 Å². The first kappa shape index (κ1) is 18.9. The molecule has 1 saturated carbocycles. The van der Waals surface area contributed by atoms with Gasteiger partial charge in [-0.05, 0) is 39.0 Å². The minimum absolute atomic E-state index is 0.237. The SMILES string of the molecule is CCC(NCC(O)COCCOC(C)C)C1CCCCC1. The van der Waals surface area contributed by atoms with Gasteiger partial charge in [-0.3, -0.25) is 0 Å². The minimum atomic E-state index is -0.429. The van der Waals surface area contributed by atoms with Crippen LogP contribution in [0.25, 0.3) is 0 Å². The molecule has 0 radical (unpaired) electrons. The van der Waals surface area contributed by atoms with E-state index in [-0.39, 0.29) is 6.10 Å². The fourth-order valence-corrected chi connectivity index (χ4v) is 3.09. The Morgan fingerprint density at radius 2 is 1.86 bits per heavy atom. The van der Waals surface area contributed by atoms with Gasteiger partial charge >= 0.3 is 0 Å². The molecule has 2 unspecified atom stereocenters. The standard InChI is InChI=1S/C17H35NO3/c1-4-17(15-8-6-5-7-9-15)18-12-16(19)13-20-10-11-21-14(2)3/h14-19H,4-13H2,1-3H3. The molecule has 1 rings (SSSR count). The van der Waals surface area contributed by atoms with Crippen LogP contribution in [0.3, 0.4) is 0 Å². The number of rotatable bonds is 11. The summed E-state index contributed by atoms with van der Waals surface area (Å²) in [4.78, 5) is 0. The van der Waals surface area contributed by atoms with Crippen LogP contribution in [-0.2, 0) is 9.47 Å². The van der Waals surface area contributed by atoms with E-state index >= 15 is 0 Å². The van der Waals surface area contributed by atoms with E-state index in [9.17, 15) is 5.11 Å². The zero-order chi connectivity index (χ0) is 15.5. The predicted octanol–water partition coefficient (Wildman–Crippen LogP) is 2.74. The molecule has 2 atom stereocenters. The largest absolute Gasteiger partial charge is 0.389 e. The van der Waals surface area contributed by atoms with Crippen LogP contribution in [0.5, 0.6) is 0 Å². The van der Waals surface area contributed by atoms with E-state index in [2.05, 4.69) is 12.2 Å². The maximum absolute atomic E-state index is 9.97. The van der Waals surface area contributed by atoms with E-state index in [1.54, 1.807) is 0 Å². The Morgan fingerprint density at radius 1 is 1.14 bits per heavy atom. The molecule has 126 valence electrons. The monoisotopic (exact) mass is 301 g/mol. The zero-order valence-corrected chi connectivity index (χ0v) is 14.1. The molecular weight excluding hydrogens is 266 g/mol. The predicted molar refractivity (Wildman–Crippen MR) is 86.6 cm³/mol. The average Bonchev–Trinajstić information content (AvgIpc) is 2.48. The molecule has 0 spiro atoms. The Morgan fingerprint density at radius 3 is 2.48 bits per heavy atom. The molecule has 0 bridgehead atoms. The number of hydrogen-bond acceptors (Lipinski definition) is 4. The van der Waals surface area contributed by atoms with Crippen molar-refractivity contribution < 1.29 is 14.6 Å². The minimum Gasteiger partial charge on any atom is -0.389 e. The van der Waals surface area contributed by atoms with Gasteiger partial charge in [0.15, 0.2) is 0 Å². The number of aliphatic hydroxyl groups is 1. The molecule has 1 aliphatic rings. The topological polar surface area (TPSA) is 50.7 Å². The third-order valence-corrected chi connectivity index (χ3v) is 4.26. The molecule has 2 N–H and O–H groups in total. The smallest absolute Gasteiger partial charge is 0.0897 e. The molecule has 0 heterocycles. The molecule has 0 amide bonds. The Hall–Kier alpha value is -0.160. The first-order valence-electron chi connectivity index (χ1n) is 8.74. The van der Waals surface area contributed by atoms with Crippen molar-refractivity contribution in [1.82, 2.24) is 5.32 Å². The first-order valence-corrected chi connectivity index (χ1v) is 8.74. The quantitative estimate of drug-likeness (QED) is 0.576. The molecule has 0 saturated heterocycles. The van der Waals surface area contributed by atoms with Crippen molar-refractivity contribution in [1.29, 1.82) is 0 Å². The van der Waals surface area contributed by atoms with Crippen LogP contribution >= 0.6 is 0 Å². The Labute approximate surface area is 130 Å². The highest BCUT2D eigenvalue weighted by molar-refractivity contribution is 4.79. The molecule has 0 aromatic rings. The van der Waals surface area contributed by atoms with Crippen LogP contribution in [0.1, 0.15) is 59.3 Å². The molecular formula is C17H35NO3. The maximum atomic E-state index is 9.97. The second-order valence-electron chi connectivity index (χ2n) is 6.47. The third-order valence-electron chi connectivity index (χ3n) is 4.26. The molecule has 21 heavy (non-hydrogen) atoms. The van der Waals surface area contributed by atoms with Gasteiger partial charge < -0.3 is 19.9 Å². The molecule has 0 aliphatic heterocycles. The lowest BCUT2D eigenvalue weighted by Crippen LogP contribution is -2.42. The third kappa shape index (κ3) is 8.77. The second-order valence-corrected chi connectivity index (χ2v) is 6.47. The van der Waals surface area contributed by atoms with Crippen LogP contribution in [-0.4, -0.2) is 49.7 Å². The van der Waals surface area contributed by atoms with Crippen molar-refractivity contribution in [3.05, 3.63) is 0 Å². The van der Waals surface area contributed by atoms with Gasteiger partial charge in [0.05, 0.1) is 32.0 Å². The van der Waals surface area contributed by atoms with E-state index in [1.165, 1.54) is 32.1 Å². The number of hydrogen-bond donors (Lipinski definition) is 2. The van der Waals surface area contributed by atoms with Crippen LogP contribution in [0.15, 0.2) is 0 Å². The molecule has 4 nitrogen and oxygen atoms in total. The summed E-state index contributed by atoms with van der Waals surface area (Å²) in [5.41, 5.74) is 0. The second kappa shape index (κ2) is 11.4. The fourth-order valence-electron chi connectivity index (χ4n) is 3.09. The molecule has 0 aromatic carbocycles. The van der Waals surface area contributed by atoms with E-state index in [0.29, 0.717) is 32.4 Å². The van der Waals surface area contributed by atoms with Gasteiger partial charge in [0.2, 0.25) is 0 Å². The van der Waals surface area contributed by atoms with Crippen molar-refractivity contribution in [2.24, 2.45) is 5.92 Å². The number of aliphatic hydroxyl groups excluding tert-OH is 1. The van der Waals surface area contributed by atoms with Gasteiger partial charge in [0.25, 0.3) is 0 Å². The lowest BCUT2D eigenvalue weighted by molar-refractivity contribution is -0.0110. The van der Waals surface area contributed by atoms with Gasteiger partial charge in [0.1, 0.15) is 0 Å². The Kier molecular flexibility index (Phi) is 10.3. The summed E-state index contributed by atoms with van der Waals surface area (Å²) in [5, 5.41) is 13.5. The highest BCUT2D eigenvalue weighted by Gasteiger charge is 2.22. The fraction of sp³-hybridized carbons (Fsp3) is 1.00. The maximum Gasteiger partial charge on any atom is 0.0897 e. The van der Waals surface area contributed by atoms with E-state index < -0.39 is 6.10 Å². The molecule has 4 heteroatoms. The van der Waals surface area contributed by atoms with Crippen molar-refractivity contribution >= 4 is 0 Å². The summed E-state index contributed by atoms with van der Waals surface area (Å²) in [6.45, 7) is 8.41. The summed E-state index contributed by atoms with van der Waals surface area (Å²) >= 11 is 0. The zero-order valence-electron chi connectivity index (χ0n) is 14.1. The Bertz CT molecular complexity index is 242. The van der Waals surface area contributed by atoms with Gasteiger partial charge in [-0.15, -0.1) is 0 Å². The summed E-state index contributed by atoms with van der Waals surface area (Å²) in [7, 11) is 0. The van der Waals surface area contributed by atoms with Crippen molar-refractivity contribution in [3.63, 3.8) is 0 Å². The highest BCUT2D eigenvalue weighted by Crippen LogP contribution is 2.27. The Balaban J connectivity index is 2.08. The molecule has 1 aliphatic carbocycles. The highest BCUT2D eigenvalue weighted by atomic mass is 16.5. The average molecular weight is 301 g/mol. The van der Waals surface area contributed by atoms with E-state index in [4.69, 9.17) is 9.47 Å². The summed E-state index contributed by atoms with van der Waals surface area (Å²) in [5.74, 6) is 0.788. The van der Waals surface area contributed by atoms with Crippen molar-refractivity contribution in [3.8, 4) is 0 Å².